The Balaban J connectivity index is 1.86. The summed E-state index contributed by atoms with van der Waals surface area (Å²) >= 11 is 3.38. The highest BCUT2D eigenvalue weighted by Crippen LogP contribution is 2.42. The predicted molar refractivity (Wildman–Crippen MR) is 130 cm³/mol. The van der Waals surface area contributed by atoms with Crippen LogP contribution >= 0.6 is 15.9 Å². The summed E-state index contributed by atoms with van der Waals surface area (Å²) in [5.74, 6) is -1.58. The van der Waals surface area contributed by atoms with E-state index in [1.807, 2.05) is 0 Å². The molecule has 1 aliphatic rings. The van der Waals surface area contributed by atoms with Crippen LogP contribution in [0.25, 0.3) is 5.76 Å². The van der Waals surface area contributed by atoms with E-state index in [2.05, 4.69) is 26.2 Å². The lowest BCUT2D eigenvalue weighted by Crippen LogP contribution is -2.29. The van der Waals surface area contributed by atoms with Crippen molar-refractivity contribution in [1.82, 2.24) is 4.98 Å². The summed E-state index contributed by atoms with van der Waals surface area (Å²) in [6, 6.07) is 13.9. The van der Waals surface area contributed by atoms with E-state index in [4.69, 9.17) is 4.74 Å². The van der Waals surface area contributed by atoms with Crippen LogP contribution in [0.4, 0.5) is 11.4 Å². The van der Waals surface area contributed by atoms with Crippen molar-refractivity contribution in [3.05, 3.63) is 88.2 Å². The molecule has 0 aliphatic carbocycles. The van der Waals surface area contributed by atoms with Gasteiger partial charge in [-0.2, -0.15) is 0 Å². The number of aromatic nitrogens is 1. The van der Waals surface area contributed by atoms with Gasteiger partial charge in [0.1, 0.15) is 11.5 Å². The fraction of sp³-hybridized carbons (Fsp3) is 0.120. The van der Waals surface area contributed by atoms with Crippen LogP contribution in [0.5, 0.6) is 5.75 Å². The van der Waals surface area contributed by atoms with Crippen LogP contribution in [-0.4, -0.2) is 34.8 Å². The Morgan fingerprint density at radius 2 is 1.88 bits per heavy atom. The predicted octanol–water partition coefficient (Wildman–Crippen LogP) is 4.44. The van der Waals surface area contributed by atoms with Crippen molar-refractivity contribution in [3.8, 4) is 5.75 Å². The molecule has 9 heteroatoms. The summed E-state index contributed by atoms with van der Waals surface area (Å²) in [6.45, 7) is 1.40. The minimum absolute atomic E-state index is 0.0546. The molecule has 1 atom stereocenters. The second kappa shape index (κ2) is 9.48. The lowest BCUT2D eigenvalue weighted by Gasteiger charge is -2.25. The number of methoxy groups -OCH3 is 1. The maximum atomic E-state index is 13.2. The van der Waals surface area contributed by atoms with E-state index in [0.717, 1.165) is 0 Å². The van der Waals surface area contributed by atoms with Crippen LogP contribution in [0.2, 0.25) is 0 Å². The molecule has 0 spiro atoms. The van der Waals surface area contributed by atoms with Crippen molar-refractivity contribution >= 4 is 50.7 Å². The van der Waals surface area contributed by atoms with Gasteiger partial charge in [0, 0.05) is 36.3 Å². The molecule has 2 aromatic carbocycles. The van der Waals surface area contributed by atoms with Crippen molar-refractivity contribution in [2.24, 2.45) is 0 Å². The highest BCUT2D eigenvalue weighted by Gasteiger charge is 2.47. The number of pyridine rings is 1. The SMILES string of the molecule is COc1ccc(/C(O)=C2/C(=O)C(=O)N(c3ccc(NC(C)=O)cc3)C2c2cccnc2)cc1Br. The highest BCUT2D eigenvalue weighted by molar-refractivity contribution is 9.10. The van der Waals surface area contributed by atoms with Crippen molar-refractivity contribution < 1.29 is 24.2 Å². The molecule has 0 radical (unpaired) electrons. The van der Waals surface area contributed by atoms with Gasteiger partial charge in [-0.05, 0) is 70.0 Å². The number of hydrogen-bond acceptors (Lipinski definition) is 6. The standard InChI is InChI=1S/C25H20BrN3O5/c1-14(30)28-17-6-8-18(9-7-17)29-22(16-4-3-11-27-13-16)21(24(32)25(29)33)23(31)15-5-10-20(34-2)19(26)12-15/h3-13,22,31H,1-2H3,(H,28,30)/b23-21-. The summed E-state index contributed by atoms with van der Waals surface area (Å²) in [4.78, 5) is 43.1. The third kappa shape index (κ3) is 4.29. The van der Waals surface area contributed by atoms with E-state index in [1.165, 1.54) is 18.9 Å². The summed E-state index contributed by atoms with van der Waals surface area (Å²) in [5.41, 5.74) is 1.83. The zero-order chi connectivity index (χ0) is 24.4. The molecule has 172 valence electrons. The summed E-state index contributed by atoms with van der Waals surface area (Å²) in [5, 5.41) is 13.9. The van der Waals surface area contributed by atoms with Crippen molar-refractivity contribution in [2.75, 3.05) is 17.3 Å². The number of amides is 2. The van der Waals surface area contributed by atoms with Crippen molar-refractivity contribution in [1.29, 1.82) is 0 Å². The van der Waals surface area contributed by atoms with Gasteiger partial charge in [-0.25, -0.2) is 0 Å². The summed E-state index contributed by atoms with van der Waals surface area (Å²) < 4.78 is 5.82. The maximum absolute atomic E-state index is 13.2. The second-order valence-electron chi connectivity index (χ2n) is 7.53. The zero-order valence-corrected chi connectivity index (χ0v) is 19.9. The van der Waals surface area contributed by atoms with Gasteiger partial charge in [0.2, 0.25) is 5.91 Å². The van der Waals surface area contributed by atoms with E-state index in [1.54, 1.807) is 67.0 Å². The minimum atomic E-state index is -0.902. The third-order valence-electron chi connectivity index (χ3n) is 5.34. The molecular weight excluding hydrogens is 502 g/mol. The number of nitrogens with one attached hydrogen (secondary N) is 1. The van der Waals surface area contributed by atoms with Crippen LogP contribution in [0.15, 0.2) is 77.0 Å². The number of rotatable bonds is 5. The number of ether oxygens (including phenoxy) is 1. The summed E-state index contributed by atoms with van der Waals surface area (Å²) in [6.07, 6.45) is 3.13. The molecular formula is C25H20BrN3O5. The normalized spacial score (nSPS) is 17.0. The van der Waals surface area contributed by atoms with Gasteiger partial charge in [0.15, 0.2) is 0 Å². The van der Waals surface area contributed by atoms with Gasteiger partial charge in [-0.3, -0.25) is 24.3 Å². The first-order valence-corrected chi connectivity index (χ1v) is 11.0. The Hall–Kier alpha value is -3.98. The first kappa shape index (κ1) is 23.2. The van der Waals surface area contributed by atoms with Gasteiger partial charge in [0.25, 0.3) is 11.7 Å². The van der Waals surface area contributed by atoms with Gasteiger partial charge < -0.3 is 15.2 Å². The average molecular weight is 522 g/mol. The van der Waals surface area contributed by atoms with Gasteiger partial charge in [-0.1, -0.05) is 6.07 Å². The fourth-order valence-electron chi connectivity index (χ4n) is 3.83. The molecule has 0 saturated carbocycles. The monoisotopic (exact) mass is 521 g/mol. The molecule has 2 N–H and O–H groups in total. The lowest BCUT2D eigenvalue weighted by molar-refractivity contribution is -0.132. The molecule has 2 amide bonds. The van der Waals surface area contributed by atoms with E-state index in [-0.39, 0.29) is 17.2 Å². The quantitative estimate of drug-likeness (QED) is 0.292. The molecule has 1 aromatic heterocycles. The van der Waals surface area contributed by atoms with E-state index < -0.39 is 17.7 Å². The first-order valence-electron chi connectivity index (χ1n) is 10.2. The number of hydrogen-bond donors (Lipinski definition) is 2. The number of Topliss-reactive ketones (excluding diaryl/α,β-unsaturated/α-hetero) is 1. The molecule has 1 fully saturated rings. The molecule has 0 bridgehead atoms. The fourth-order valence-corrected chi connectivity index (χ4v) is 4.37. The molecule has 3 aromatic rings. The molecule has 2 heterocycles. The van der Waals surface area contributed by atoms with Crippen LogP contribution in [0, 0.1) is 0 Å². The topological polar surface area (TPSA) is 109 Å². The van der Waals surface area contributed by atoms with Crippen molar-refractivity contribution in [3.63, 3.8) is 0 Å². The molecule has 1 saturated heterocycles. The Bertz CT molecular complexity index is 1310. The third-order valence-corrected chi connectivity index (χ3v) is 5.96. The molecule has 34 heavy (non-hydrogen) atoms. The van der Waals surface area contributed by atoms with Crippen LogP contribution in [0.3, 0.4) is 0 Å². The Kier molecular flexibility index (Phi) is 6.47. The van der Waals surface area contributed by atoms with E-state index in [0.29, 0.717) is 32.7 Å². The smallest absolute Gasteiger partial charge is 0.300 e. The zero-order valence-electron chi connectivity index (χ0n) is 18.3. The molecule has 4 rings (SSSR count). The lowest BCUT2D eigenvalue weighted by atomic mass is 9.96. The molecule has 1 aliphatic heterocycles. The number of carbonyl (C=O) groups excluding carboxylic acids is 3. The average Bonchev–Trinajstić information content (AvgIpc) is 3.09. The number of halogens is 1. The molecule has 8 nitrogen and oxygen atoms in total. The van der Waals surface area contributed by atoms with Gasteiger partial charge in [0.05, 0.1) is 23.2 Å². The van der Waals surface area contributed by atoms with Crippen LogP contribution in [0.1, 0.15) is 24.1 Å². The van der Waals surface area contributed by atoms with Gasteiger partial charge >= 0.3 is 0 Å². The first-order chi connectivity index (χ1) is 16.3. The Labute approximate surface area is 204 Å². The van der Waals surface area contributed by atoms with E-state index >= 15 is 0 Å². The summed E-state index contributed by atoms with van der Waals surface area (Å²) in [7, 11) is 1.52. The number of aliphatic hydroxyl groups is 1. The number of aliphatic hydroxyl groups excluding tert-OH is 1. The van der Waals surface area contributed by atoms with Crippen LogP contribution in [-0.2, 0) is 14.4 Å². The number of benzene rings is 2. The highest BCUT2D eigenvalue weighted by atomic mass is 79.9. The number of ketones is 1. The van der Waals surface area contributed by atoms with Gasteiger partial charge in [-0.15, -0.1) is 0 Å². The molecule has 1 unspecified atom stereocenters. The number of anilines is 2. The minimum Gasteiger partial charge on any atom is -0.507 e. The maximum Gasteiger partial charge on any atom is 0.300 e. The van der Waals surface area contributed by atoms with Crippen LogP contribution < -0.4 is 15.0 Å². The van der Waals surface area contributed by atoms with E-state index in [9.17, 15) is 19.5 Å². The largest absolute Gasteiger partial charge is 0.507 e. The second-order valence-corrected chi connectivity index (χ2v) is 8.39. The Morgan fingerprint density at radius 3 is 2.47 bits per heavy atom. The van der Waals surface area contributed by atoms with Crippen molar-refractivity contribution in [2.45, 2.75) is 13.0 Å². The Morgan fingerprint density at radius 1 is 1.15 bits per heavy atom. The number of nitrogens with zero attached hydrogens (tertiary/aromatic N) is 2. The number of carbonyl (C=O) groups is 3.